The summed E-state index contributed by atoms with van der Waals surface area (Å²) in [5.41, 5.74) is 9.16. The lowest BCUT2D eigenvalue weighted by Crippen LogP contribution is -2.29. The number of hydrogen-bond acceptors (Lipinski definition) is 4. The Morgan fingerprint density at radius 3 is 2.59 bits per heavy atom. The quantitative estimate of drug-likeness (QED) is 0.757. The highest BCUT2D eigenvalue weighted by molar-refractivity contribution is 5.76. The van der Waals surface area contributed by atoms with Gasteiger partial charge >= 0.3 is 0 Å². The molecule has 22 heavy (non-hydrogen) atoms. The molecule has 4 heteroatoms. The van der Waals surface area contributed by atoms with E-state index >= 15 is 0 Å². The number of hydrazine groups is 1. The molecular weight excluding hydrogens is 276 g/mol. The molecule has 0 spiro atoms. The zero-order valence-electron chi connectivity index (χ0n) is 12.4. The van der Waals surface area contributed by atoms with Gasteiger partial charge in [-0.05, 0) is 42.2 Å². The molecule has 4 nitrogen and oxygen atoms in total. The molecule has 0 saturated carbocycles. The van der Waals surface area contributed by atoms with Crippen LogP contribution in [0.15, 0.2) is 48.0 Å². The zero-order chi connectivity index (χ0) is 15.3. The molecule has 0 saturated heterocycles. The molecule has 2 aromatic rings. The van der Waals surface area contributed by atoms with Gasteiger partial charge in [0.1, 0.15) is 11.5 Å². The number of benzene rings is 2. The Balaban J connectivity index is 1.82. The summed E-state index contributed by atoms with van der Waals surface area (Å²) in [6.07, 6.45) is 1.77. The van der Waals surface area contributed by atoms with Crippen LogP contribution in [0.4, 0.5) is 0 Å². The van der Waals surface area contributed by atoms with Gasteiger partial charge in [-0.3, -0.25) is 0 Å². The van der Waals surface area contributed by atoms with Crippen LogP contribution in [0.3, 0.4) is 0 Å². The van der Waals surface area contributed by atoms with E-state index in [-0.39, 0.29) is 11.8 Å². The average Bonchev–Trinajstić information content (AvgIpc) is 2.85. The predicted octanol–water partition coefficient (Wildman–Crippen LogP) is 2.95. The predicted molar refractivity (Wildman–Crippen MR) is 85.1 cm³/mol. The molecule has 0 aromatic heterocycles. The van der Waals surface area contributed by atoms with Crippen molar-refractivity contribution in [1.82, 2.24) is 10.4 Å². The summed E-state index contributed by atoms with van der Waals surface area (Å²) in [6, 6.07) is 13.2. The molecule has 1 aliphatic carbocycles. The van der Waals surface area contributed by atoms with E-state index in [0.29, 0.717) is 5.75 Å². The van der Waals surface area contributed by atoms with Crippen molar-refractivity contribution < 1.29 is 10.2 Å². The van der Waals surface area contributed by atoms with Gasteiger partial charge in [-0.15, -0.1) is 0 Å². The van der Waals surface area contributed by atoms with E-state index in [1.807, 2.05) is 25.2 Å². The van der Waals surface area contributed by atoms with Crippen molar-refractivity contribution >= 4 is 5.70 Å². The van der Waals surface area contributed by atoms with Crippen LogP contribution in [0.5, 0.6) is 11.5 Å². The number of likely N-dealkylation sites (N-methyl/N-ethyl adjacent to an activating group) is 1. The van der Waals surface area contributed by atoms with Gasteiger partial charge < -0.3 is 15.6 Å². The molecule has 112 valence electrons. The molecule has 1 unspecified atom stereocenters. The fourth-order valence-electron chi connectivity index (χ4n) is 3.59. The monoisotopic (exact) mass is 294 g/mol. The SMILES string of the molecule is CN1NC2=C(CCc3c(O)cccc32)C1c1ccc(O)cc1. The molecule has 2 aliphatic rings. The van der Waals surface area contributed by atoms with Crippen molar-refractivity contribution in [3.05, 3.63) is 64.7 Å². The minimum Gasteiger partial charge on any atom is -0.508 e. The first-order valence-electron chi connectivity index (χ1n) is 7.48. The fourth-order valence-corrected chi connectivity index (χ4v) is 3.59. The van der Waals surface area contributed by atoms with Gasteiger partial charge in [-0.2, -0.15) is 0 Å². The number of nitrogens with one attached hydrogen (secondary N) is 1. The van der Waals surface area contributed by atoms with Gasteiger partial charge in [-0.1, -0.05) is 24.3 Å². The van der Waals surface area contributed by atoms with Crippen LogP contribution in [-0.4, -0.2) is 22.3 Å². The molecule has 1 aliphatic heterocycles. The summed E-state index contributed by atoms with van der Waals surface area (Å²) in [7, 11) is 2.03. The number of hydrogen-bond donors (Lipinski definition) is 3. The van der Waals surface area contributed by atoms with Gasteiger partial charge in [0.2, 0.25) is 0 Å². The third kappa shape index (κ3) is 1.88. The highest BCUT2D eigenvalue weighted by Gasteiger charge is 2.35. The molecular formula is C18H18N2O2. The van der Waals surface area contributed by atoms with E-state index in [1.165, 1.54) is 5.57 Å². The highest BCUT2D eigenvalue weighted by atomic mass is 16.3. The summed E-state index contributed by atoms with van der Waals surface area (Å²) in [5, 5.41) is 21.6. The molecule has 1 atom stereocenters. The van der Waals surface area contributed by atoms with Crippen molar-refractivity contribution in [3.8, 4) is 11.5 Å². The summed E-state index contributed by atoms with van der Waals surface area (Å²) in [4.78, 5) is 0. The Morgan fingerprint density at radius 1 is 1.05 bits per heavy atom. The number of phenols is 2. The van der Waals surface area contributed by atoms with Crippen molar-refractivity contribution in [2.75, 3.05) is 7.05 Å². The maximum absolute atomic E-state index is 10.1. The number of phenolic OH excluding ortho intramolecular Hbond substituents is 2. The lowest BCUT2D eigenvalue weighted by Gasteiger charge is -2.23. The van der Waals surface area contributed by atoms with E-state index < -0.39 is 0 Å². The Morgan fingerprint density at radius 2 is 1.82 bits per heavy atom. The van der Waals surface area contributed by atoms with E-state index in [2.05, 4.69) is 16.5 Å². The number of nitrogens with zero attached hydrogens (tertiary/aromatic N) is 1. The molecule has 0 bridgehead atoms. The van der Waals surface area contributed by atoms with E-state index in [4.69, 9.17) is 0 Å². The van der Waals surface area contributed by atoms with Crippen LogP contribution in [0.2, 0.25) is 0 Å². The van der Waals surface area contributed by atoms with Crippen molar-refractivity contribution in [1.29, 1.82) is 0 Å². The topological polar surface area (TPSA) is 55.7 Å². The van der Waals surface area contributed by atoms with Gasteiger partial charge in [0.15, 0.2) is 0 Å². The maximum Gasteiger partial charge on any atom is 0.119 e. The Hall–Kier alpha value is -2.46. The molecule has 3 N–H and O–H groups in total. The second kappa shape index (κ2) is 4.78. The molecule has 0 radical (unpaired) electrons. The van der Waals surface area contributed by atoms with Crippen LogP contribution in [0.1, 0.15) is 29.2 Å². The smallest absolute Gasteiger partial charge is 0.119 e. The van der Waals surface area contributed by atoms with Crippen molar-refractivity contribution in [2.24, 2.45) is 0 Å². The minimum atomic E-state index is 0.158. The average molecular weight is 294 g/mol. The molecule has 0 amide bonds. The molecule has 1 heterocycles. The van der Waals surface area contributed by atoms with Gasteiger partial charge in [0.05, 0.1) is 11.7 Å². The van der Waals surface area contributed by atoms with E-state index in [1.54, 1.807) is 18.2 Å². The van der Waals surface area contributed by atoms with Gasteiger partial charge in [0, 0.05) is 18.2 Å². The first-order valence-corrected chi connectivity index (χ1v) is 7.48. The third-order valence-electron chi connectivity index (χ3n) is 4.60. The first kappa shape index (κ1) is 13.2. The second-order valence-corrected chi connectivity index (χ2v) is 5.92. The largest absolute Gasteiger partial charge is 0.508 e. The normalized spacial score (nSPS) is 20.5. The molecule has 2 aromatic carbocycles. The lowest BCUT2D eigenvalue weighted by atomic mass is 9.85. The zero-order valence-corrected chi connectivity index (χ0v) is 12.4. The molecule has 0 fully saturated rings. The number of aromatic hydroxyl groups is 2. The summed E-state index contributed by atoms with van der Waals surface area (Å²) >= 11 is 0. The third-order valence-corrected chi connectivity index (χ3v) is 4.60. The second-order valence-electron chi connectivity index (χ2n) is 5.92. The van der Waals surface area contributed by atoms with Gasteiger partial charge in [0.25, 0.3) is 0 Å². The minimum absolute atomic E-state index is 0.158. The van der Waals surface area contributed by atoms with Crippen LogP contribution < -0.4 is 5.43 Å². The fraction of sp³-hybridized carbons (Fsp3) is 0.222. The maximum atomic E-state index is 10.1. The van der Waals surface area contributed by atoms with E-state index in [9.17, 15) is 10.2 Å². The number of fused-ring (bicyclic) bond motifs is 2. The van der Waals surface area contributed by atoms with Crippen molar-refractivity contribution in [2.45, 2.75) is 18.9 Å². The Labute approximate surface area is 129 Å². The standard InChI is InChI=1S/C18H18N2O2/c1-20-18(11-5-7-12(21)8-6-11)15-10-9-13-14(17(15)19-20)3-2-4-16(13)22/h2-8,18-19,21-22H,9-10H2,1H3. The Kier molecular flexibility index (Phi) is 2.87. The van der Waals surface area contributed by atoms with Crippen molar-refractivity contribution in [3.63, 3.8) is 0 Å². The first-order chi connectivity index (χ1) is 10.6. The Bertz CT molecular complexity index is 765. The van der Waals surface area contributed by atoms with Crippen LogP contribution in [0, 0.1) is 0 Å². The highest BCUT2D eigenvalue weighted by Crippen LogP contribution is 2.45. The summed E-state index contributed by atoms with van der Waals surface area (Å²) in [5.74, 6) is 0.659. The van der Waals surface area contributed by atoms with Gasteiger partial charge in [-0.25, -0.2) is 5.01 Å². The summed E-state index contributed by atoms with van der Waals surface area (Å²) in [6.45, 7) is 0. The van der Waals surface area contributed by atoms with E-state index in [0.717, 1.165) is 35.2 Å². The summed E-state index contributed by atoms with van der Waals surface area (Å²) < 4.78 is 0. The van der Waals surface area contributed by atoms with Crippen LogP contribution >= 0.6 is 0 Å². The van der Waals surface area contributed by atoms with Crippen LogP contribution in [0.25, 0.3) is 5.70 Å². The van der Waals surface area contributed by atoms with Crippen LogP contribution in [-0.2, 0) is 6.42 Å². The number of rotatable bonds is 1. The molecule has 4 rings (SSSR count). The lowest BCUT2D eigenvalue weighted by molar-refractivity contribution is 0.253.